The van der Waals surface area contributed by atoms with E-state index in [0.717, 1.165) is 12.1 Å². The number of hydrazine groups is 1. The molecule has 30 heavy (non-hydrogen) atoms. The monoisotopic (exact) mass is 414 g/mol. The largest absolute Gasteiger partial charge is 0.364 e. The van der Waals surface area contributed by atoms with E-state index in [1.807, 2.05) is 26.8 Å². The van der Waals surface area contributed by atoms with Crippen LogP contribution in [0.1, 0.15) is 58.3 Å². The molecule has 0 aliphatic carbocycles. The Balaban J connectivity index is 2.19. The van der Waals surface area contributed by atoms with E-state index in [2.05, 4.69) is 31.2 Å². The van der Waals surface area contributed by atoms with Crippen molar-refractivity contribution >= 4 is 11.9 Å². The van der Waals surface area contributed by atoms with Gasteiger partial charge < -0.3 is 10.2 Å². The van der Waals surface area contributed by atoms with Crippen LogP contribution in [0.15, 0.2) is 54.0 Å². The molecule has 0 spiro atoms. The second-order valence-electron chi connectivity index (χ2n) is 8.06. The van der Waals surface area contributed by atoms with Gasteiger partial charge in [-0.15, -0.1) is 5.06 Å². The van der Waals surface area contributed by atoms with Crippen molar-refractivity contribution in [3.8, 4) is 0 Å². The molecule has 0 fully saturated rings. The summed E-state index contributed by atoms with van der Waals surface area (Å²) in [6, 6.07) is 8.60. The molecular formula is C23H34N4O3. The molecule has 0 aromatic heterocycles. The smallest absolute Gasteiger partial charge is 0.357 e. The normalized spacial score (nSPS) is 16.7. The van der Waals surface area contributed by atoms with Gasteiger partial charge in [-0.05, 0) is 52.2 Å². The minimum atomic E-state index is -0.395. The van der Waals surface area contributed by atoms with Gasteiger partial charge in [0.15, 0.2) is 0 Å². The molecule has 0 bridgehead atoms. The molecule has 1 heterocycles. The highest BCUT2D eigenvalue weighted by molar-refractivity contribution is 5.95. The third-order valence-electron chi connectivity index (χ3n) is 5.20. The predicted molar refractivity (Wildman–Crippen MR) is 118 cm³/mol. The molecule has 0 saturated heterocycles. The van der Waals surface area contributed by atoms with Crippen molar-refractivity contribution < 1.29 is 14.4 Å². The summed E-state index contributed by atoms with van der Waals surface area (Å²) >= 11 is 0. The van der Waals surface area contributed by atoms with Crippen LogP contribution >= 0.6 is 0 Å². The molecule has 0 saturated carbocycles. The summed E-state index contributed by atoms with van der Waals surface area (Å²) in [7, 11) is 0. The average molecular weight is 415 g/mol. The fraction of sp³-hybridized carbons (Fsp3) is 0.478. The maximum atomic E-state index is 12.7. The van der Waals surface area contributed by atoms with Crippen molar-refractivity contribution in [2.24, 2.45) is 5.92 Å². The second kappa shape index (κ2) is 10.4. The quantitative estimate of drug-likeness (QED) is 0.602. The lowest BCUT2D eigenvalue weighted by Crippen LogP contribution is -2.58. The average Bonchev–Trinajstić information content (AvgIpc) is 2.72. The first kappa shape index (κ1) is 23.6. The number of hydrogen-bond donors (Lipinski definition) is 2. The van der Waals surface area contributed by atoms with Crippen LogP contribution < -0.4 is 10.7 Å². The zero-order valence-electron chi connectivity index (χ0n) is 18.9. The third-order valence-corrected chi connectivity index (χ3v) is 5.20. The van der Waals surface area contributed by atoms with E-state index in [1.165, 1.54) is 5.01 Å². The van der Waals surface area contributed by atoms with Crippen molar-refractivity contribution in [2.75, 3.05) is 6.54 Å². The number of nitrogens with one attached hydrogen (secondary N) is 2. The Hall–Kier alpha value is -2.64. The van der Waals surface area contributed by atoms with E-state index in [0.29, 0.717) is 29.4 Å². The molecule has 1 aliphatic rings. The van der Waals surface area contributed by atoms with E-state index in [1.54, 1.807) is 36.3 Å². The number of carbonyl (C=O) groups is 2. The van der Waals surface area contributed by atoms with Crippen molar-refractivity contribution in [1.29, 1.82) is 0 Å². The zero-order chi connectivity index (χ0) is 22.4. The molecule has 1 aliphatic heterocycles. The van der Waals surface area contributed by atoms with E-state index < -0.39 is 5.97 Å². The number of carbonyl (C=O) groups excluding carboxylic acids is 2. The van der Waals surface area contributed by atoms with Gasteiger partial charge in [-0.2, -0.15) is 0 Å². The number of hydrogen-bond acceptors (Lipinski definition) is 6. The van der Waals surface area contributed by atoms with E-state index in [-0.39, 0.29) is 18.0 Å². The molecule has 2 atom stereocenters. The fourth-order valence-electron chi connectivity index (χ4n) is 3.40. The highest BCUT2D eigenvalue weighted by Crippen LogP contribution is 2.20. The van der Waals surface area contributed by atoms with Crippen LogP contribution in [0.5, 0.6) is 0 Å². The lowest BCUT2D eigenvalue weighted by Gasteiger charge is -2.39. The maximum absolute atomic E-state index is 12.7. The molecule has 7 heteroatoms. The van der Waals surface area contributed by atoms with Gasteiger partial charge in [0.1, 0.15) is 5.82 Å². The summed E-state index contributed by atoms with van der Waals surface area (Å²) in [5, 5.41) is 6.26. The Morgan fingerprint density at radius 3 is 2.43 bits per heavy atom. The summed E-state index contributed by atoms with van der Waals surface area (Å²) < 4.78 is 0. The van der Waals surface area contributed by atoms with Gasteiger partial charge in [0.2, 0.25) is 0 Å². The van der Waals surface area contributed by atoms with Crippen LogP contribution in [0, 0.1) is 5.92 Å². The number of benzene rings is 1. The predicted octanol–water partition coefficient (Wildman–Crippen LogP) is 3.59. The second-order valence-corrected chi connectivity index (χ2v) is 8.06. The zero-order valence-corrected chi connectivity index (χ0v) is 18.9. The highest BCUT2D eigenvalue weighted by Gasteiger charge is 2.32. The van der Waals surface area contributed by atoms with Gasteiger partial charge >= 0.3 is 5.97 Å². The first-order valence-electron chi connectivity index (χ1n) is 10.4. The van der Waals surface area contributed by atoms with Gasteiger partial charge in [-0.3, -0.25) is 4.79 Å². The number of allylic oxidation sites excluding steroid dienone is 1. The van der Waals surface area contributed by atoms with Crippen molar-refractivity contribution in [1.82, 2.24) is 20.8 Å². The van der Waals surface area contributed by atoms with E-state index in [4.69, 9.17) is 4.84 Å². The van der Waals surface area contributed by atoms with Gasteiger partial charge in [-0.1, -0.05) is 38.6 Å². The van der Waals surface area contributed by atoms with Crippen molar-refractivity contribution in [3.63, 3.8) is 0 Å². The molecule has 1 aromatic rings. The van der Waals surface area contributed by atoms with E-state index >= 15 is 0 Å². The summed E-state index contributed by atoms with van der Waals surface area (Å²) in [5.41, 5.74) is 5.18. The Bertz CT molecular complexity index is 804. The molecule has 2 rings (SSSR count). The molecular weight excluding hydrogens is 380 g/mol. The molecule has 2 unspecified atom stereocenters. The van der Waals surface area contributed by atoms with Gasteiger partial charge in [0, 0.05) is 23.9 Å². The Labute approximate surface area is 179 Å². The van der Waals surface area contributed by atoms with Gasteiger partial charge in [0.25, 0.3) is 5.91 Å². The Kier molecular flexibility index (Phi) is 8.20. The van der Waals surface area contributed by atoms with Gasteiger partial charge in [-0.25, -0.2) is 15.2 Å². The number of nitrogens with zero attached hydrogens (tertiary/aromatic N) is 2. The molecule has 2 N–H and O–H groups in total. The fourth-order valence-corrected chi connectivity index (χ4v) is 3.40. The standard InChI is InChI=1S/C23H34N4O3/c1-8-26(30-23(29)20-12-10-9-11-13-20)21(14-15(2)3)18(6)25-27-19(7)24-17(5)16(4)22(27)28/h9-13,15,18,21,24-25H,7-8,14H2,1-6H3. The molecule has 164 valence electrons. The van der Waals surface area contributed by atoms with Crippen molar-refractivity contribution in [2.45, 2.75) is 60.0 Å². The molecule has 0 radical (unpaired) electrons. The number of hydroxylamine groups is 2. The topological polar surface area (TPSA) is 73.9 Å². The van der Waals surface area contributed by atoms with Crippen LogP contribution in [0.25, 0.3) is 0 Å². The molecule has 1 amide bonds. The molecule has 7 nitrogen and oxygen atoms in total. The summed E-state index contributed by atoms with van der Waals surface area (Å²) in [6.45, 7) is 16.3. The first-order valence-corrected chi connectivity index (χ1v) is 10.4. The van der Waals surface area contributed by atoms with Crippen molar-refractivity contribution in [3.05, 3.63) is 59.6 Å². The SMILES string of the molecule is C=C1NC(C)=C(C)C(=O)N1NC(C)C(CC(C)C)N(CC)OC(=O)c1ccccc1. The van der Waals surface area contributed by atoms with Crippen LogP contribution in [0.3, 0.4) is 0 Å². The maximum Gasteiger partial charge on any atom is 0.357 e. The minimum absolute atomic E-state index is 0.143. The number of amides is 1. The lowest BCUT2D eigenvalue weighted by molar-refractivity contribution is -0.151. The van der Waals surface area contributed by atoms with E-state index in [9.17, 15) is 9.59 Å². The highest BCUT2D eigenvalue weighted by atomic mass is 16.7. The lowest BCUT2D eigenvalue weighted by atomic mass is 9.98. The number of likely N-dealkylation sites (N-methyl/N-ethyl adjacent to an activating group) is 1. The Morgan fingerprint density at radius 2 is 1.87 bits per heavy atom. The first-order chi connectivity index (χ1) is 14.1. The van der Waals surface area contributed by atoms with Crippen LogP contribution in [-0.2, 0) is 9.63 Å². The molecule has 1 aromatic carbocycles. The third kappa shape index (κ3) is 5.70. The Morgan fingerprint density at radius 1 is 1.23 bits per heavy atom. The van der Waals surface area contributed by atoms with Crippen LogP contribution in [0.2, 0.25) is 0 Å². The summed E-state index contributed by atoms with van der Waals surface area (Å²) in [4.78, 5) is 31.1. The van der Waals surface area contributed by atoms with Crippen LogP contribution in [0.4, 0.5) is 0 Å². The number of rotatable bonds is 9. The van der Waals surface area contributed by atoms with Crippen LogP contribution in [-0.4, -0.2) is 40.6 Å². The summed E-state index contributed by atoms with van der Waals surface area (Å²) in [6.07, 6.45) is 0.778. The van der Waals surface area contributed by atoms with Gasteiger partial charge in [0.05, 0.1) is 11.6 Å². The summed E-state index contributed by atoms with van der Waals surface area (Å²) in [5.74, 6) is 0.303. The minimum Gasteiger partial charge on any atom is -0.364 e.